The summed E-state index contributed by atoms with van der Waals surface area (Å²) < 4.78 is 168. The SMILES string of the molecule is Cc1ccc(Nc2ccc(Nc3ccc(C)cc3)c3c2C(=O)C2=C(C3=O)C(Nc3ccc(C)cc3)(S(=O)(=O)[O-])C(S(=O)(=O)[O-])=C(S(=O)(=O)[O-])C2(Nc2ccc(C)cc2)S(=O)(=O)[O-])cc1.[Na+].[Na+].[Na+].[Na+]. The van der Waals surface area contributed by atoms with E-state index in [0.29, 0.717) is 11.1 Å². The maximum absolute atomic E-state index is 15.8. The number of fused-ring (bicyclic) bond motifs is 1. The average molecular weight is 1040 g/mol. The van der Waals surface area contributed by atoms with Crippen LogP contribution in [0, 0.1) is 27.7 Å². The van der Waals surface area contributed by atoms with Gasteiger partial charge in [-0.2, -0.15) is 0 Å². The average Bonchev–Trinajstić information content (AvgIpc) is 3.19. The second kappa shape index (κ2) is 21.9. The van der Waals surface area contributed by atoms with E-state index in [-0.39, 0.29) is 141 Å². The summed E-state index contributed by atoms with van der Waals surface area (Å²) in [6.45, 7) is 6.59. The third-order valence-electron chi connectivity index (χ3n) is 10.6. The maximum atomic E-state index is 15.8. The summed E-state index contributed by atoms with van der Waals surface area (Å²) in [5.41, 5.74) is -4.76. The van der Waals surface area contributed by atoms with Crippen LogP contribution < -0.4 is 139 Å². The molecule has 2 atom stereocenters. The molecule has 0 aliphatic heterocycles. The molecule has 2 unspecified atom stereocenters. The molecule has 26 heteroatoms. The summed E-state index contributed by atoms with van der Waals surface area (Å²) in [6.07, 6.45) is 0. The molecular weight excluding hydrogens is 1000 g/mol. The molecule has 7 rings (SSSR count). The minimum absolute atomic E-state index is 0. The topological polar surface area (TPSA) is 311 Å². The first-order chi connectivity index (χ1) is 29.7. The van der Waals surface area contributed by atoms with Gasteiger partial charge >= 0.3 is 118 Å². The fourth-order valence-corrected chi connectivity index (χ4v) is 13.4. The number of carbonyl (C=O) groups is 2. The molecule has 5 aromatic rings. The molecule has 0 heterocycles. The van der Waals surface area contributed by atoms with E-state index in [0.717, 1.165) is 35.4 Å². The number of nitrogens with one attached hydrogen (secondary N) is 4. The number of carbonyl (C=O) groups excluding carboxylic acids is 2. The molecule has 334 valence electrons. The second-order valence-corrected chi connectivity index (χ2v) is 20.8. The van der Waals surface area contributed by atoms with Crippen molar-refractivity contribution in [1.29, 1.82) is 0 Å². The molecule has 0 spiro atoms. The van der Waals surface area contributed by atoms with Gasteiger partial charge in [0.05, 0.1) is 43.5 Å². The Labute approximate surface area is 481 Å². The molecule has 4 N–H and O–H groups in total. The van der Waals surface area contributed by atoms with Crippen molar-refractivity contribution in [3.8, 4) is 0 Å². The van der Waals surface area contributed by atoms with Crippen LogP contribution in [0.2, 0.25) is 0 Å². The van der Waals surface area contributed by atoms with Crippen molar-refractivity contribution in [2.24, 2.45) is 0 Å². The van der Waals surface area contributed by atoms with Gasteiger partial charge in [-0.3, -0.25) is 9.59 Å². The molecule has 0 aromatic heterocycles. The van der Waals surface area contributed by atoms with Gasteiger partial charge in [0.2, 0.25) is 0 Å². The minimum atomic E-state index is -7.05. The Kier molecular flexibility index (Phi) is 19.3. The van der Waals surface area contributed by atoms with Crippen molar-refractivity contribution < 1.29 is 180 Å². The zero-order valence-corrected chi connectivity index (χ0v) is 49.0. The fourth-order valence-electron chi connectivity index (χ4n) is 7.66. The van der Waals surface area contributed by atoms with E-state index < -0.39 is 105 Å². The summed E-state index contributed by atoms with van der Waals surface area (Å²) in [5, 5.41) is 9.71. The molecule has 2 aliphatic carbocycles. The summed E-state index contributed by atoms with van der Waals surface area (Å²) in [4.78, 5) is 16.5. The van der Waals surface area contributed by atoms with Crippen LogP contribution in [0.1, 0.15) is 43.0 Å². The molecule has 0 saturated carbocycles. The van der Waals surface area contributed by atoms with Crippen LogP contribution >= 0.6 is 0 Å². The standard InChI is InChI=1S/C42H38N4O14S4.4Na/c1-23-5-13-27(14-6-23)43-31-21-22-32(44-28-15-7-24(2)8-16-28)34-33(31)37(47)35-36(38(34)48)42(64(58,59)60,46-30-19-11-26(4)12-20-30)40(62(52,53)54)39(61(49,50)51)41(35,63(55,56)57)45-29-17-9-25(3)10-18-29;;;;/h5-22,43-46H,1-4H3,(H,49,50,51)(H,52,53,54)(H,55,56,57)(H,58,59,60);;;;/q;4*+1/p-4. The first-order valence-electron chi connectivity index (χ1n) is 18.7. The van der Waals surface area contributed by atoms with Crippen molar-refractivity contribution >= 4 is 86.2 Å². The van der Waals surface area contributed by atoms with Gasteiger partial charge in [0.1, 0.15) is 40.5 Å². The molecule has 68 heavy (non-hydrogen) atoms. The molecule has 0 fully saturated rings. The second-order valence-electron chi connectivity index (χ2n) is 15.1. The number of anilines is 6. The van der Waals surface area contributed by atoms with Gasteiger partial charge < -0.3 is 39.5 Å². The molecule has 0 bridgehead atoms. The van der Waals surface area contributed by atoms with Gasteiger partial charge in [0.25, 0.3) is 0 Å². The summed E-state index contributed by atoms with van der Waals surface area (Å²) in [7, 11) is -28.0. The van der Waals surface area contributed by atoms with Gasteiger partial charge in [-0.25, -0.2) is 33.7 Å². The normalized spacial score (nSPS) is 18.1. The zero-order chi connectivity index (χ0) is 46.9. The van der Waals surface area contributed by atoms with E-state index in [4.69, 9.17) is 0 Å². The van der Waals surface area contributed by atoms with Crippen molar-refractivity contribution in [2.75, 3.05) is 21.3 Å². The van der Waals surface area contributed by atoms with Gasteiger partial charge in [0.15, 0.2) is 21.3 Å². The number of rotatable bonds is 12. The van der Waals surface area contributed by atoms with Crippen molar-refractivity contribution in [2.45, 2.75) is 37.4 Å². The number of aryl methyl sites for hydroxylation is 4. The third-order valence-corrected chi connectivity index (χ3v) is 15.5. The van der Waals surface area contributed by atoms with Crippen LogP contribution in [-0.4, -0.2) is 73.2 Å². The quantitative estimate of drug-likeness (QED) is 0.0667. The maximum Gasteiger partial charge on any atom is 1.00 e. The number of ketones is 2. The molecule has 0 radical (unpaired) electrons. The van der Waals surface area contributed by atoms with E-state index in [2.05, 4.69) is 10.6 Å². The predicted octanol–water partition coefficient (Wildman–Crippen LogP) is -6.88. The van der Waals surface area contributed by atoms with Crippen LogP contribution in [0.3, 0.4) is 0 Å². The van der Waals surface area contributed by atoms with Gasteiger partial charge in [0, 0.05) is 22.7 Å². The predicted molar refractivity (Wildman–Crippen MR) is 232 cm³/mol. The molecular formula is C42H34N4Na4O14S4. The van der Waals surface area contributed by atoms with Crippen LogP contribution in [0.4, 0.5) is 34.1 Å². The molecule has 18 nitrogen and oxygen atoms in total. The first-order valence-corrected chi connectivity index (χ1v) is 24.3. The van der Waals surface area contributed by atoms with Crippen LogP contribution in [-0.2, 0) is 40.5 Å². The Balaban J connectivity index is 0.00000306. The third kappa shape index (κ3) is 11.0. The Bertz CT molecular complexity index is 3120. The van der Waals surface area contributed by atoms with Gasteiger partial charge in [-0.1, -0.05) is 70.8 Å². The monoisotopic (exact) mass is 1040 g/mol. The Morgan fingerprint density at radius 2 is 0.618 bits per heavy atom. The van der Waals surface area contributed by atoms with E-state index in [1.165, 1.54) is 74.5 Å². The van der Waals surface area contributed by atoms with Crippen LogP contribution in [0.25, 0.3) is 0 Å². The van der Waals surface area contributed by atoms with E-state index in [1.807, 2.05) is 10.6 Å². The molecule has 0 saturated heterocycles. The Hall–Kier alpha value is -2.24. The summed E-state index contributed by atoms with van der Waals surface area (Å²) >= 11 is 0. The van der Waals surface area contributed by atoms with Gasteiger partial charge in [-0.15, -0.1) is 0 Å². The number of hydrogen-bond acceptors (Lipinski definition) is 18. The summed E-state index contributed by atoms with van der Waals surface area (Å²) in [6, 6.07) is 24.1. The molecule has 2 aliphatic rings. The summed E-state index contributed by atoms with van der Waals surface area (Å²) in [5.74, 6) is -3.74. The number of benzene rings is 5. The number of hydrogen-bond donors (Lipinski definition) is 4. The van der Waals surface area contributed by atoms with Crippen molar-refractivity contribution in [3.05, 3.63) is 164 Å². The molecule has 0 amide bonds. The Morgan fingerprint density at radius 1 is 0.382 bits per heavy atom. The van der Waals surface area contributed by atoms with Crippen molar-refractivity contribution in [3.63, 3.8) is 0 Å². The fraction of sp³-hybridized carbons (Fsp3) is 0.143. The van der Waals surface area contributed by atoms with Crippen molar-refractivity contribution in [1.82, 2.24) is 0 Å². The van der Waals surface area contributed by atoms with Crippen LogP contribution in [0.15, 0.2) is 130 Å². The van der Waals surface area contributed by atoms with Gasteiger partial charge in [-0.05, 0) is 88.4 Å². The van der Waals surface area contributed by atoms with E-state index in [9.17, 15) is 51.9 Å². The smallest absolute Gasteiger partial charge is 0.746 e. The minimum Gasteiger partial charge on any atom is -0.746 e. The van der Waals surface area contributed by atoms with E-state index >= 15 is 9.59 Å². The molecule has 5 aromatic carbocycles. The first kappa shape index (κ1) is 60.1. The van der Waals surface area contributed by atoms with E-state index in [1.54, 1.807) is 38.1 Å². The zero-order valence-electron chi connectivity index (χ0n) is 37.7. The Morgan fingerprint density at radius 3 is 0.838 bits per heavy atom. The van der Waals surface area contributed by atoms with Crippen LogP contribution in [0.5, 0.6) is 0 Å². The number of Topliss-reactive ketones (excluding diaryl/α,β-unsaturated/α-hetero) is 2. The largest absolute Gasteiger partial charge is 1.00 e.